The number of carbonyl (C=O) groups excluding carboxylic acids is 1. The summed E-state index contributed by atoms with van der Waals surface area (Å²) in [5.41, 5.74) is 0.931. The molecule has 0 unspecified atom stereocenters. The molecule has 0 N–H and O–H groups in total. The predicted octanol–water partition coefficient (Wildman–Crippen LogP) is 2.69. The van der Waals surface area contributed by atoms with Crippen molar-refractivity contribution >= 4 is 17.4 Å². The van der Waals surface area contributed by atoms with Crippen LogP contribution in [0, 0.1) is 5.82 Å². The van der Waals surface area contributed by atoms with Crippen LogP contribution in [0.25, 0.3) is 0 Å². The molecule has 0 aliphatic heterocycles. The highest BCUT2D eigenvalue weighted by atomic mass is 35.5. The van der Waals surface area contributed by atoms with E-state index in [9.17, 15) is 9.18 Å². The summed E-state index contributed by atoms with van der Waals surface area (Å²) >= 11 is 5.63. The Labute approximate surface area is 102 Å². The van der Waals surface area contributed by atoms with Gasteiger partial charge in [-0.3, -0.25) is 9.78 Å². The summed E-state index contributed by atoms with van der Waals surface area (Å²) in [6, 6.07) is 4.20. The number of benzene rings is 1. The zero-order chi connectivity index (χ0) is 12.3. The Hall–Kier alpha value is -1.81. The first-order valence-electron chi connectivity index (χ1n) is 4.90. The summed E-state index contributed by atoms with van der Waals surface area (Å²) in [6.07, 6.45) is 4.46. The van der Waals surface area contributed by atoms with E-state index in [2.05, 4.69) is 9.97 Å². The van der Waals surface area contributed by atoms with E-state index < -0.39 is 5.82 Å². The summed E-state index contributed by atoms with van der Waals surface area (Å²) in [6.45, 7) is 0. The zero-order valence-corrected chi connectivity index (χ0v) is 9.49. The van der Waals surface area contributed by atoms with Crippen LogP contribution in [0.3, 0.4) is 0 Å². The van der Waals surface area contributed by atoms with Crippen molar-refractivity contribution in [3.05, 3.63) is 58.9 Å². The number of hydrogen-bond donors (Lipinski definition) is 0. The van der Waals surface area contributed by atoms with Crippen molar-refractivity contribution in [1.82, 2.24) is 9.97 Å². The molecule has 3 nitrogen and oxygen atoms in total. The third-order valence-corrected chi connectivity index (χ3v) is 2.49. The second-order valence-corrected chi connectivity index (χ2v) is 3.85. The molecular weight excluding hydrogens is 243 g/mol. The third-order valence-electron chi connectivity index (χ3n) is 2.20. The van der Waals surface area contributed by atoms with Gasteiger partial charge in [0.2, 0.25) is 0 Å². The molecule has 2 rings (SSSR count). The molecule has 0 radical (unpaired) electrons. The van der Waals surface area contributed by atoms with Gasteiger partial charge >= 0.3 is 0 Å². The smallest absolute Gasteiger partial charge is 0.187 e. The van der Waals surface area contributed by atoms with E-state index in [0.29, 0.717) is 5.56 Å². The van der Waals surface area contributed by atoms with E-state index in [4.69, 9.17) is 11.6 Å². The summed E-state index contributed by atoms with van der Waals surface area (Å²) in [5, 5.41) is 0.00875. The van der Waals surface area contributed by atoms with Gasteiger partial charge in [0.25, 0.3) is 0 Å². The molecule has 5 heteroatoms. The van der Waals surface area contributed by atoms with Gasteiger partial charge < -0.3 is 0 Å². The average molecular weight is 251 g/mol. The fourth-order valence-electron chi connectivity index (χ4n) is 1.37. The van der Waals surface area contributed by atoms with Crippen LogP contribution in [0.15, 0.2) is 36.8 Å². The molecule has 0 aliphatic carbocycles. The Morgan fingerprint density at radius 1 is 1.35 bits per heavy atom. The fourth-order valence-corrected chi connectivity index (χ4v) is 1.57. The lowest BCUT2D eigenvalue weighted by molar-refractivity contribution is 0.0988. The molecule has 0 fully saturated rings. The quantitative estimate of drug-likeness (QED) is 0.787. The van der Waals surface area contributed by atoms with Gasteiger partial charge in [-0.25, -0.2) is 9.37 Å². The molecule has 1 aromatic heterocycles. The minimum Gasteiger partial charge on any atom is -0.292 e. The van der Waals surface area contributed by atoms with Crippen molar-refractivity contribution < 1.29 is 9.18 Å². The van der Waals surface area contributed by atoms with E-state index in [1.165, 1.54) is 36.8 Å². The minimum absolute atomic E-state index is 0.00875. The molecule has 86 valence electrons. The largest absolute Gasteiger partial charge is 0.292 e. The summed E-state index contributed by atoms with van der Waals surface area (Å²) < 4.78 is 12.9. The van der Waals surface area contributed by atoms with E-state index in [1.807, 2.05) is 0 Å². The fraction of sp³-hybridized carbons (Fsp3) is 0.0833. The van der Waals surface area contributed by atoms with Gasteiger partial charge in [0.15, 0.2) is 5.78 Å². The molecular formula is C12H8ClFN2O. The number of carbonyl (C=O) groups is 1. The highest BCUT2D eigenvalue weighted by Gasteiger charge is 2.09. The predicted molar refractivity (Wildman–Crippen MR) is 61.5 cm³/mol. The second-order valence-electron chi connectivity index (χ2n) is 3.44. The van der Waals surface area contributed by atoms with Gasteiger partial charge in [0.05, 0.1) is 11.2 Å². The molecule has 2 aromatic rings. The SMILES string of the molecule is O=C(Cc1ccc(F)c(Cl)c1)c1cnccn1. The molecule has 0 saturated heterocycles. The van der Waals surface area contributed by atoms with Crippen molar-refractivity contribution in [2.45, 2.75) is 6.42 Å². The van der Waals surface area contributed by atoms with Crippen LogP contribution >= 0.6 is 11.6 Å². The molecule has 0 atom stereocenters. The van der Waals surface area contributed by atoms with Gasteiger partial charge in [-0.05, 0) is 17.7 Å². The number of nitrogens with zero attached hydrogens (tertiary/aromatic N) is 2. The molecule has 17 heavy (non-hydrogen) atoms. The molecule has 1 heterocycles. The lowest BCUT2D eigenvalue weighted by Crippen LogP contribution is -2.06. The Morgan fingerprint density at radius 2 is 2.18 bits per heavy atom. The maximum atomic E-state index is 12.9. The third kappa shape index (κ3) is 2.85. The van der Waals surface area contributed by atoms with Crippen molar-refractivity contribution in [3.63, 3.8) is 0 Å². The van der Waals surface area contributed by atoms with Crippen LogP contribution in [-0.2, 0) is 6.42 Å². The van der Waals surface area contributed by atoms with Crippen LogP contribution in [0.4, 0.5) is 4.39 Å². The van der Waals surface area contributed by atoms with E-state index in [0.717, 1.165) is 0 Å². The Kier molecular flexibility index (Phi) is 3.44. The maximum absolute atomic E-state index is 12.9. The highest BCUT2D eigenvalue weighted by molar-refractivity contribution is 6.30. The van der Waals surface area contributed by atoms with Crippen LogP contribution < -0.4 is 0 Å². The number of Topliss-reactive ketones (excluding diaryl/α,β-unsaturated/α-hetero) is 1. The molecule has 0 aliphatic rings. The van der Waals surface area contributed by atoms with Gasteiger partial charge in [-0.1, -0.05) is 17.7 Å². The Balaban J connectivity index is 2.16. The first kappa shape index (κ1) is 11.7. The van der Waals surface area contributed by atoms with E-state index in [-0.39, 0.29) is 22.9 Å². The molecule has 0 spiro atoms. The Morgan fingerprint density at radius 3 is 2.82 bits per heavy atom. The van der Waals surface area contributed by atoms with Crippen molar-refractivity contribution in [1.29, 1.82) is 0 Å². The molecule has 0 bridgehead atoms. The van der Waals surface area contributed by atoms with Crippen molar-refractivity contribution in [3.8, 4) is 0 Å². The Bertz CT molecular complexity index is 545. The normalized spacial score (nSPS) is 10.2. The maximum Gasteiger partial charge on any atom is 0.187 e. The number of halogens is 2. The van der Waals surface area contributed by atoms with E-state index in [1.54, 1.807) is 0 Å². The van der Waals surface area contributed by atoms with Crippen LogP contribution in [0.5, 0.6) is 0 Å². The van der Waals surface area contributed by atoms with Crippen molar-refractivity contribution in [2.24, 2.45) is 0 Å². The second kappa shape index (κ2) is 5.01. The first-order chi connectivity index (χ1) is 8.16. The van der Waals surface area contributed by atoms with Crippen LogP contribution in [0.1, 0.15) is 16.1 Å². The monoisotopic (exact) mass is 250 g/mol. The number of ketones is 1. The topological polar surface area (TPSA) is 42.9 Å². The van der Waals surface area contributed by atoms with Crippen molar-refractivity contribution in [2.75, 3.05) is 0 Å². The summed E-state index contributed by atoms with van der Waals surface area (Å²) in [5.74, 6) is -0.678. The van der Waals surface area contributed by atoms with Crippen LogP contribution in [0.2, 0.25) is 5.02 Å². The average Bonchev–Trinajstić information content (AvgIpc) is 2.35. The lowest BCUT2D eigenvalue weighted by Gasteiger charge is -2.01. The van der Waals surface area contributed by atoms with Gasteiger partial charge in [-0.2, -0.15) is 0 Å². The standard InChI is InChI=1S/C12H8ClFN2O/c13-9-5-8(1-2-10(9)14)6-12(17)11-7-15-3-4-16-11/h1-5,7H,6H2. The first-order valence-corrected chi connectivity index (χ1v) is 5.28. The summed E-state index contributed by atoms with van der Waals surface area (Å²) in [4.78, 5) is 19.5. The summed E-state index contributed by atoms with van der Waals surface area (Å²) in [7, 11) is 0. The number of rotatable bonds is 3. The molecule has 1 aromatic carbocycles. The number of aromatic nitrogens is 2. The number of hydrogen-bond acceptors (Lipinski definition) is 3. The van der Waals surface area contributed by atoms with Crippen LogP contribution in [-0.4, -0.2) is 15.8 Å². The molecule has 0 saturated carbocycles. The van der Waals surface area contributed by atoms with E-state index >= 15 is 0 Å². The zero-order valence-electron chi connectivity index (χ0n) is 8.73. The van der Waals surface area contributed by atoms with Gasteiger partial charge in [0, 0.05) is 18.8 Å². The minimum atomic E-state index is -0.498. The van der Waals surface area contributed by atoms with Gasteiger partial charge in [0.1, 0.15) is 11.5 Å². The lowest BCUT2D eigenvalue weighted by atomic mass is 10.1. The van der Waals surface area contributed by atoms with Gasteiger partial charge in [-0.15, -0.1) is 0 Å². The molecule has 0 amide bonds. The highest BCUT2D eigenvalue weighted by Crippen LogP contribution is 2.17.